The molecule has 0 aromatic heterocycles. The molecule has 0 spiro atoms. The largest absolute Gasteiger partial charge is 0.463 e. The van der Waals surface area contributed by atoms with Gasteiger partial charge >= 0.3 is 5.97 Å². The van der Waals surface area contributed by atoms with Gasteiger partial charge in [0.2, 0.25) is 11.8 Å². The van der Waals surface area contributed by atoms with Gasteiger partial charge in [0.1, 0.15) is 6.54 Å². The third kappa shape index (κ3) is 6.71. The summed E-state index contributed by atoms with van der Waals surface area (Å²) in [6, 6.07) is 17.3. The van der Waals surface area contributed by atoms with Gasteiger partial charge in [-0.05, 0) is 37.1 Å². The van der Waals surface area contributed by atoms with Gasteiger partial charge in [-0.1, -0.05) is 66.2 Å². The lowest BCUT2D eigenvalue weighted by molar-refractivity contribution is -0.143. The molecule has 2 aliphatic heterocycles. The van der Waals surface area contributed by atoms with Crippen molar-refractivity contribution < 1.29 is 19.1 Å². The Kier molecular flexibility index (Phi) is 9.37. The predicted octanol–water partition coefficient (Wildman–Crippen LogP) is 4.35. The summed E-state index contributed by atoms with van der Waals surface area (Å²) < 4.78 is 5.34. The van der Waals surface area contributed by atoms with Gasteiger partial charge in [0.25, 0.3) is 0 Å². The summed E-state index contributed by atoms with van der Waals surface area (Å²) >= 11 is 6.04. The maximum absolute atomic E-state index is 13.2. The maximum Gasteiger partial charge on any atom is 0.336 e. The van der Waals surface area contributed by atoms with Crippen LogP contribution in [-0.4, -0.2) is 78.4 Å². The Morgan fingerprint density at radius 3 is 2.37 bits per heavy atom. The molecule has 0 radical (unpaired) electrons. The van der Waals surface area contributed by atoms with Crippen LogP contribution in [0, 0.1) is 0 Å². The van der Waals surface area contributed by atoms with Crippen molar-refractivity contribution >= 4 is 35.5 Å². The van der Waals surface area contributed by atoms with Gasteiger partial charge in [-0.2, -0.15) is 0 Å². The van der Waals surface area contributed by atoms with Crippen LogP contribution in [0.5, 0.6) is 0 Å². The second kappa shape index (κ2) is 12.9. The molecule has 1 unspecified atom stereocenters. The molecule has 2 heterocycles. The van der Waals surface area contributed by atoms with Gasteiger partial charge in [0.05, 0.1) is 12.2 Å². The number of carbonyl (C=O) groups excluding carboxylic acids is 3. The van der Waals surface area contributed by atoms with E-state index in [0.717, 1.165) is 30.8 Å². The Bertz CT molecular complexity index is 1200. The SMILES string of the molecule is CCOC(=O)C1=C(C)N(CC(=O)N2CCN(C/C=C/c3ccccc3)CC2)C(=O)CC1c1ccc(Cl)cc1. The van der Waals surface area contributed by atoms with Gasteiger partial charge in [-0.15, -0.1) is 0 Å². The molecule has 0 bridgehead atoms. The standard InChI is InChI=1S/C30H34ClN3O4/c1-3-38-30(37)29-22(2)34(27(35)20-26(29)24-11-13-25(31)14-12-24)21-28(36)33-18-16-32(17-19-33)15-7-10-23-8-5-4-6-9-23/h4-14,26H,3,15-21H2,1-2H3/b10-7+. The predicted molar refractivity (Wildman–Crippen MR) is 148 cm³/mol. The summed E-state index contributed by atoms with van der Waals surface area (Å²) in [6.45, 7) is 7.14. The van der Waals surface area contributed by atoms with E-state index >= 15 is 0 Å². The van der Waals surface area contributed by atoms with E-state index < -0.39 is 11.9 Å². The lowest BCUT2D eigenvalue weighted by Gasteiger charge is -2.37. The average molecular weight is 536 g/mol. The number of nitrogens with zero attached hydrogens (tertiary/aromatic N) is 3. The molecular weight excluding hydrogens is 502 g/mol. The van der Waals surface area contributed by atoms with E-state index in [1.54, 1.807) is 30.9 Å². The highest BCUT2D eigenvalue weighted by Gasteiger charge is 2.38. The van der Waals surface area contributed by atoms with E-state index in [0.29, 0.717) is 29.4 Å². The quantitative estimate of drug-likeness (QED) is 0.470. The van der Waals surface area contributed by atoms with Crippen LogP contribution in [0.4, 0.5) is 0 Å². The fourth-order valence-electron chi connectivity index (χ4n) is 4.97. The zero-order valence-electron chi connectivity index (χ0n) is 21.9. The minimum Gasteiger partial charge on any atom is -0.463 e. The van der Waals surface area contributed by atoms with Gasteiger partial charge < -0.3 is 14.5 Å². The number of halogens is 1. The van der Waals surface area contributed by atoms with Gasteiger partial charge in [0, 0.05) is 55.8 Å². The molecule has 7 nitrogen and oxygen atoms in total. The maximum atomic E-state index is 13.2. The van der Waals surface area contributed by atoms with Gasteiger partial charge in [0.15, 0.2) is 0 Å². The number of allylic oxidation sites excluding steroid dienone is 1. The number of esters is 1. The molecule has 2 aliphatic rings. The molecule has 1 fully saturated rings. The lowest BCUT2D eigenvalue weighted by Crippen LogP contribution is -2.52. The fourth-order valence-corrected chi connectivity index (χ4v) is 5.10. The summed E-state index contributed by atoms with van der Waals surface area (Å²) in [4.78, 5) is 44.9. The molecule has 4 rings (SSSR count). The number of carbonyl (C=O) groups is 3. The van der Waals surface area contributed by atoms with Crippen LogP contribution < -0.4 is 0 Å². The number of piperazine rings is 1. The molecule has 8 heteroatoms. The van der Waals surface area contributed by atoms with Gasteiger partial charge in [-0.3, -0.25) is 14.5 Å². The molecule has 1 atom stereocenters. The van der Waals surface area contributed by atoms with E-state index in [9.17, 15) is 14.4 Å². The monoisotopic (exact) mass is 535 g/mol. The van der Waals surface area contributed by atoms with Crippen molar-refractivity contribution in [3.05, 3.63) is 88.1 Å². The number of rotatable bonds is 8. The molecule has 0 aliphatic carbocycles. The van der Waals surface area contributed by atoms with Crippen LogP contribution in [0.15, 0.2) is 71.9 Å². The Balaban J connectivity index is 1.40. The highest BCUT2D eigenvalue weighted by molar-refractivity contribution is 6.30. The number of hydrogen-bond donors (Lipinski definition) is 0. The number of benzene rings is 2. The summed E-state index contributed by atoms with van der Waals surface area (Å²) in [7, 11) is 0. The molecule has 200 valence electrons. The minimum atomic E-state index is -0.466. The first-order valence-electron chi connectivity index (χ1n) is 13.0. The molecule has 0 N–H and O–H groups in total. The topological polar surface area (TPSA) is 70.2 Å². The van der Waals surface area contributed by atoms with Crippen molar-refractivity contribution in [3.8, 4) is 0 Å². The summed E-state index contributed by atoms with van der Waals surface area (Å²) in [5.74, 6) is -1.22. The minimum absolute atomic E-state index is 0.0852. The number of ether oxygens (including phenoxy) is 1. The van der Waals surface area contributed by atoms with Crippen LogP contribution in [0.25, 0.3) is 6.08 Å². The molecule has 0 saturated carbocycles. The van der Waals surface area contributed by atoms with Crippen molar-refractivity contribution in [3.63, 3.8) is 0 Å². The van der Waals surface area contributed by atoms with Crippen LogP contribution in [-0.2, 0) is 19.1 Å². The molecule has 2 aromatic carbocycles. The third-order valence-corrected chi connectivity index (χ3v) is 7.33. The average Bonchev–Trinajstić information content (AvgIpc) is 2.92. The van der Waals surface area contributed by atoms with E-state index in [1.165, 1.54) is 4.90 Å². The Hall–Kier alpha value is -3.42. The third-order valence-electron chi connectivity index (χ3n) is 7.08. The molecular formula is C30H34ClN3O4. The Morgan fingerprint density at radius 1 is 1.03 bits per heavy atom. The summed E-state index contributed by atoms with van der Waals surface area (Å²) in [6.07, 6.45) is 4.33. The molecule has 2 aromatic rings. The van der Waals surface area contributed by atoms with Crippen molar-refractivity contribution in [1.82, 2.24) is 14.7 Å². The van der Waals surface area contributed by atoms with Crippen LogP contribution >= 0.6 is 11.6 Å². The van der Waals surface area contributed by atoms with Crippen LogP contribution in [0.2, 0.25) is 5.02 Å². The van der Waals surface area contributed by atoms with E-state index in [2.05, 4.69) is 29.2 Å². The lowest BCUT2D eigenvalue weighted by atomic mass is 9.83. The zero-order valence-corrected chi connectivity index (χ0v) is 22.7. The van der Waals surface area contributed by atoms with Crippen molar-refractivity contribution in [1.29, 1.82) is 0 Å². The first-order chi connectivity index (χ1) is 18.4. The smallest absolute Gasteiger partial charge is 0.336 e. The zero-order chi connectivity index (χ0) is 27.1. The fraction of sp³-hybridized carbons (Fsp3) is 0.367. The van der Waals surface area contributed by atoms with E-state index in [1.807, 2.05) is 30.3 Å². The highest BCUT2D eigenvalue weighted by Crippen LogP contribution is 2.37. The molecule has 1 saturated heterocycles. The molecule has 2 amide bonds. The molecule has 38 heavy (non-hydrogen) atoms. The van der Waals surface area contributed by atoms with Crippen molar-refractivity contribution in [2.75, 3.05) is 45.9 Å². The number of amides is 2. The normalized spacial score (nSPS) is 18.8. The second-order valence-corrected chi connectivity index (χ2v) is 9.94. The summed E-state index contributed by atoms with van der Waals surface area (Å²) in [5.41, 5.74) is 2.86. The second-order valence-electron chi connectivity index (χ2n) is 9.50. The van der Waals surface area contributed by atoms with Gasteiger partial charge in [-0.25, -0.2) is 4.79 Å². The number of hydrogen-bond acceptors (Lipinski definition) is 5. The highest BCUT2D eigenvalue weighted by atomic mass is 35.5. The van der Waals surface area contributed by atoms with Crippen LogP contribution in [0.1, 0.15) is 37.3 Å². The van der Waals surface area contributed by atoms with E-state index in [4.69, 9.17) is 16.3 Å². The first-order valence-corrected chi connectivity index (χ1v) is 13.4. The van der Waals surface area contributed by atoms with E-state index in [-0.39, 0.29) is 31.4 Å². The van der Waals surface area contributed by atoms with Crippen LogP contribution in [0.3, 0.4) is 0 Å². The Labute approximate surface area is 229 Å². The summed E-state index contributed by atoms with van der Waals surface area (Å²) in [5, 5.41) is 0.578. The Morgan fingerprint density at radius 2 is 1.71 bits per heavy atom. The first kappa shape index (κ1) is 27.6. The van der Waals surface area contributed by atoms with Crippen molar-refractivity contribution in [2.24, 2.45) is 0 Å². The van der Waals surface area contributed by atoms with Crippen molar-refractivity contribution in [2.45, 2.75) is 26.2 Å².